The molecule has 0 N–H and O–H groups in total. The molecule has 1 amide bonds. The number of rotatable bonds is 6. The van der Waals surface area contributed by atoms with Crippen LogP contribution in [0.2, 0.25) is 0 Å². The standard InChI is InChI=1S/C27H33N3O3/c1-4-33-27(32)23-9-6-14-29(17-23)18-26(31)30-25(21-12-10-19(2)11-13-21)16-24(28-30)22-8-5-7-20(3)15-22/h5,7-8,10-13,15,23,25H,4,6,9,14,16-18H2,1-3H3/t23-,25+/m0/s1. The number of carbonyl (C=O) groups excluding carboxylic acids is 2. The molecule has 1 saturated heterocycles. The number of hydrogen-bond acceptors (Lipinski definition) is 5. The highest BCUT2D eigenvalue weighted by molar-refractivity contribution is 6.03. The third kappa shape index (κ3) is 5.50. The highest BCUT2D eigenvalue weighted by atomic mass is 16.5. The molecule has 1 fully saturated rings. The second kappa shape index (κ2) is 10.3. The van der Waals surface area contributed by atoms with Crippen molar-refractivity contribution in [1.82, 2.24) is 9.91 Å². The van der Waals surface area contributed by atoms with Gasteiger partial charge in [0.05, 0.1) is 30.8 Å². The molecule has 2 aromatic carbocycles. The number of ether oxygens (including phenoxy) is 1. The molecule has 0 bridgehead atoms. The van der Waals surface area contributed by atoms with Gasteiger partial charge in [-0.15, -0.1) is 0 Å². The van der Waals surface area contributed by atoms with Gasteiger partial charge >= 0.3 is 5.97 Å². The number of piperidine rings is 1. The van der Waals surface area contributed by atoms with Gasteiger partial charge in [-0.3, -0.25) is 14.5 Å². The Morgan fingerprint density at radius 2 is 1.88 bits per heavy atom. The minimum absolute atomic E-state index is 0.0345. The number of likely N-dealkylation sites (tertiary alicyclic amines) is 1. The van der Waals surface area contributed by atoms with E-state index in [0.29, 0.717) is 19.6 Å². The van der Waals surface area contributed by atoms with E-state index in [1.807, 2.05) is 13.0 Å². The zero-order chi connectivity index (χ0) is 23.4. The summed E-state index contributed by atoms with van der Waals surface area (Å²) in [5.74, 6) is -0.356. The fourth-order valence-corrected chi connectivity index (χ4v) is 4.70. The van der Waals surface area contributed by atoms with Gasteiger partial charge < -0.3 is 4.74 Å². The SMILES string of the molecule is CCOC(=O)[C@H]1CCCN(CC(=O)N2N=C(c3cccc(C)c3)C[C@@H]2c2ccc(C)cc2)C1. The Labute approximate surface area is 196 Å². The van der Waals surface area contributed by atoms with Gasteiger partial charge in [0.25, 0.3) is 5.91 Å². The van der Waals surface area contributed by atoms with Gasteiger partial charge in [0.2, 0.25) is 0 Å². The molecule has 2 aliphatic heterocycles. The second-order valence-corrected chi connectivity index (χ2v) is 9.11. The minimum atomic E-state index is -0.163. The molecule has 2 heterocycles. The minimum Gasteiger partial charge on any atom is -0.466 e. The zero-order valence-electron chi connectivity index (χ0n) is 19.8. The summed E-state index contributed by atoms with van der Waals surface area (Å²) in [6.45, 7) is 7.95. The molecular formula is C27H33N3O3. The number of benzene rings is 2. The van der Waals surface area contributed by atoms with Crippen LogP contribution in [0.4, 0.5) is 0 Å². The molecule has 0 aliphatic carbocycles. The third-order valence-corrected chi connectivity index (χ3v) is 6.46. The van der Waals surface area contributed by atoms with Crippen LogP contribution in [0.15, 0.2) is 53.6 Å². The lowest BCUT2D eigenvalue weighted by Gasteiger charge is -2.32. The topological polar surface area (TPSA) is 62.2 Å². The predicted octanol–water partition coefficient (Wildman–Crippen LogP) is 4.26. The fourth-order valence-electron chi connectivity index (χ4n) is 4.70. The monoisotopic (exact) mass is 447 g/mol. The molecule has 0 spiro atoms. The molecule has 6 heteroatoms. The molecule has 0 aromatic heterocycles. The summed E-state index contributed by atoms with van der Waals surface area (Å²) in [6, 6.07) is 16.5. The zero-order valence-corrected chi connectivity index (χ0v) is 19.8. The molecule has 2 aromatic rings. The van der Waals surface area contributed by atoms with E-state index in [9.17, 15) is 9.59 Å². The van der Waals surface area contributed by atoms with Crippen molar-refractivity contribution in [3.8, 4) is 0 Å². The van der Waals surface area contributed by atoms with Gasteiger partial charge in [0.1, 0.15) is 0 Å². The molecule has 4 rings (SSSR count). The Balaban J connectivity index is 1.54. The number of amides is 1. The van der Waals surface area contributed by atoms with Crippen LogP contribution in [0.5, 0.6) is 0 Å². The maximum atomic E-state index is 13.5. The van der Waals surface area contributed by atoms with Crippen LogP contribution in [0.3, 0.4) is 0 Å². The summed E-state index contributed by atoms with van der Waals surface area (Å²) in [5, 5.41) is 6.47. The van der Waals surface area contributed by atoms with E-state index in [2.05, 4.69) is 61.2 Å². The van der Waals surface area contributed by atoms with Crippen molar-refractivity contribution in [2.24, 2.45) is 11.0 Å². The number of hydrogen-bond donors (Lipinski definition) is 0. The molecule has 0 unspecified atom stereocenters. The lowest BCUT2D eigenvalue weighted by atomic mass is 9.96. The van der Waals surface area contributed by atoms with E-state index in [4.69, 9.17) is 9.84 Å². The van der Waals surface area contributed by atoms with Gasteiger partial charge in [-0.2, -0.15) is 5.10 Å². The first-order valence-corrected chi connectivity index (χ1v) is 11.9. The average Bonchev–Trinajstić information content (AvgIpc) is 3.26. The highest BCUT2D eigenvalue weighted by Crippen LogP contribution is 2.33. The van der Waals surface area contributed by atoms with Crippen LogP contribution >= 0.6 is 0 Å². The smallest absolute Gasteiger partial charge is 0.310 e. The van der Waals surface area contributed by atoms with Gasteiger partial charge in [-0.1, -0.05) is 59.7 Å². The quantitative estimate of drug-likeness (QED) is 0.621. The molecular weight excluding hydrogens is 414 g/mol. The van der Waals surface area contributed by atoms with E-state index in [0.717, 1.165) is 36.2 Å². The summed E-state index contributed by atoms with van der Waals surface area (Å²) in [5.41, 5.74) is 5.43. The van der Waals surface area contributed by atoms with E-state index in [1.165, 1.54) is 11.1 Å². The first-order chi connectivity index (χ1) is 15.9. The lowest BCUT2D eigenvalue weighted by molar-refractivity contribution is -0.150. The van der Waals surface area contributed by atoms with Crippen molar-refractivity contribution in [2.75, 3.05) is 26.2 Å². The van der Waals surface area contributed by atoms with Crippen LogP contribution in [0.1, 0.15) is 54.5 Å². The average molecular weight is 448 g/mol. The van der Waals surface area contributed by atoms with Crippen LogP contribution in [0, 0.1) is 19.8 Å². The van der Waals surface area contributed by atoms with Crippen molar-refractivity contribution < 1.29 is 14.3 Å². The van der Waals surface area contributed by atoms with Gasteiger partial charge in [0, 0.05) is 13.0 Å². The maximum absolute atomic E-state index is 13.5. The highest BCUT2D eigenvalue weighted by Gasteiger charge is 2.35. The molecule has 33 heavy (non-hydrogen) atoms. The number of esters is 1. The molecule has 174 valence electrons. The Hall–Kier alpha value is -2.99. The second-order valence-electron chi connectivity index (χ2n) is 9.11. The first kappa shape index (κ1) is 23.2. The van der Waals surface area contributed by atoms with Crippen molar-refractivity contribution >= 4 is 17.6 Å². The van der Waals surface area contributed by atoms with E-state index in [1.54, 1.807) is 5.01 Å². The number of nitrogens with zero attached hydrogens (tertiary/aromatic N) is 3. The van der Waals surface area contributed by atoms with E-state index in [-0.39, 0.29) is 30.4 Å². The van der Waals surface area contributed by atoms with Crippen LogP contribution in [-0.2, 0) is 14.3 Å². The largest absolute Gasteiger partial charge is 0.466 e. The van der Waals surface area contributed by atoms with Crippen molar-refractivity contribution in [1.29, 1.82) is 0 Å². The van der Waals surface area contributed by atoms with E-state index < -0.39 is 0 Å². The summed E-state index contributed by atoms with van der Waals surface area (Å²) in [4.78, 5) is 27.8. The summed E-state index contributed by atoms with van der Waals surface area (Å²) < 4.78 is 5.21. The number of carbonyl (C=O) groups is 2. The van der Waals surface area contributed by atoms with Crippen LogP contribution in [-0.4, -0.2) is 53.7 Å². The summed E-state index contributed by atoms with van der Waals surface area (Å²) in [7, 11) is 0. The van der Waals surface area contributed by atoms with E-state index >= 15 is 0 Å². The molecule has 0 radical (unpaired) electrons. The Morgan fingerprint density at radius 1 is 1.09 bits per heavy atom. The van der Waals surface area contributed by atoms with Gasteiger partial charge in [0.15, 0.2) is 0 Å². The Morgan fingerprint density at radius 3 is 2.61 bits per heavy atom. The Bertz CT molecular complexity index is 1030. The van der Waals surface area contributed by atoms with Gasteiger partial charge in [-0.05, 0) is 51.3 Å². The first-order valence-electron chi connectivity index (χ1n) is 11.9. The van der Waals surface area contributed by atoms with Crippen molar-refractivity contribution in [2.45, 2.75) is 46.1 Å². The Kier molecular flexibility index (Phi) is 7.23. The summed E-state index contributed by atoms with van der Waals surface area (Å²) in [6.07, 6.45) is 2.38. The lowest BCUT2D eigenvalue weighted by Crippen LogP contribution is -2.44. The maximum Gasteiger partial charge on any atom is 0.310 e. The normalized spacial score (nSPS) is 21.1. The molecule has 6 nitrogen and oxygen atoms in total. The van der Waals surface area contributed by atoms with Crippen LogP contribution < -0.4 is 0 Å². The molecule has 2 aliphatic rings. The number of aryl methyl sites for hydroxylation is 2. The van der Waals surface area contributed by atoms with Crippen molar-refractivity contribution in [3.63, 3.8) is 0 Å². The fraction of sp³-hybridized carbons (Fsp3) is 0.444. The van der Waals surface area contributed by atoms with Crippen LogP contribution in [0.25, 0.3) is 0 Å². The predicted molar refractivity (Wildman–Crippen MR) is 129 cm³/mol. The third-order valence-electron chi connectivity index (χ3n) is 6.46. The number of hydrazone groups is 1. The van der Waals surface area contributed by atoms with Gasteiger partial charge in [-0.25, -0.2) is 5.01 Å². The molecule has 0 saturated carbocycles. The molecule has 2 atom stereocenters. The van der Waals surface area contributed by atoms with Crippen molar-refractivity contribution in [3.05, 3.63) is 70.8 Å². The summed E-state index contributed by atoms with van der Waals surface area (Å²) >= 11 is 0.